The van der Waals surface area contributed by atoms with Crippen molar-refractivity contribution in [3.8, 4) is 0 Å². The Morgan fingerprint density at radius 3 is 2.62 bits per heavy atom. The van der Waals surface area contributed by atoms with Gasteiger partial charge in [-0.2, -0.15) is 0 Å². The van der Waals surface area contributed by atoms with Gasteiger partial charge in [-0.25, -0.2) is 4.79 Å². The third-order valence-electron chi connectivity index (χ3n) is 4.82. The Bertz CT molecular complexity index is 1040. The highest BCUT2D eigenvalue weighted by atomic mass is 16.4. The first kappa shape index (κ1) is 18.2. The molecule has 0 bridgehead atoms. The molecule has 6 heteroatoms. The quantitative estimate of drug-likeness (QED) is 0.685. The molecule has 138 valence electrons. The summed E-state index contributed by atoms with van der Waals surface area (Å²) in [7, 11) is 0. The van der Waals surface area contributed by atoms with E-state index in [1.165, 1.54) is 0 Å². The second-order valence-electron chi connectivity index (χ2n) is 6.82. The largest absolute Gasteiger partial charge is 0.464 e. The molecule has 3 aromatic rings. The zero-order valence-corrected chi connectivity index (χ0v) is 15.4. The fourth-order valence-corrected chi connectivity index (χ4v) is 3.24. The van der Waals surface area contributed by atoms with E-state index in [9.17, 15) is 9.59 Å². The monoisotopic (exact) mass is 357 g/mol. The van der Waals surface area contributed by atoms with E-state index in [0.717, 1.165) is 33.0 Å². The van der Waals surface area contributed by atoms with Crippen molar-refractivity contribution >= 4 is 27.8 Å². The minimum absolute atomic E-state index is 0.123. The predicted octanol–water partition coefficient (Wildman–Crippen LogP) is 2.89. The molecular weight excluding hydrogens is 334 g/mol. The van der Waals surface area contributed by atoms with Gasteiger partial charge in [0.05, 0.1) is 12.9 Å². The third-order valence-corrected chi connectivity index (χ3v) is 4.82. The molecule has 1 atom stereocenters. The minimum Gasteiger partial charge on any atom is -0.464 e. The van der Waals surface area contributed by atoms with Gasteiger partial charge in [0.15, 0.2) is 0 Å². The Hall–Kier alpha value is -2.60. The highest BCUT2D eigenvalue weighted by Crippen LogP contribution is 2.32. The van der Waals surface area contributed by atoms with Gasteiger partial charge in [-0.1, -0.05) is 0 Å². The number of aliphatic hydroxyl groups excluding tert-OH is 1. The summed E-state index contributed by atoms with van der Waals surface area (Å²) in [6.07, 6.45) is 2.14. The van der Waals surface area contributed by atoms with Gasteiger partial charge < -0.3 is 19.3 Å². The normalized spacial score (nSPS) is 12.7. The molecule has 0 saturated carbocycles. The summed E-state index contributed by atoms with van der Waals surface area (Å²) in [5.74, 6) is -0.206. The molecule has 0 aliphatic carbocycles. The van der Waals surface area contributed by atoms with Gasteiger partial charge in [0.1, 0.15) is 11.2 Å². The molecule has 0 saturated heterocycles. The van der Waals surface area contributed by atoms with Crippen LogP contribution in [0.4, 0.5) is 0 Å². The van der Waals surface area contributed by atoms with E-state index in [0.29, 0.717) is 11.1 Å². The number of aliphatic hydroxyl groups is 1. The van der Waals surface area contributed by atoms with E-state index in [-0.39, 0.29) is 31.4 Å². The molecule has 2 heterocycles. The molecule has 1 unspecified atom stereocenters. The zero-order valence-electron chi connectivity index (χ0n) is 15.4. The summed E-state index contributed by atoms with van der Waals surface area (Å²) < 4.78 is 11.2. The predicted molar refractivity (Wildman–Crippen MR) is 99.5 cm³/mol. The minimum atomic E-state index is -0.427. The molecule has 26 heavy (non-hydrogen) atoms. The molecule has 2 N–H and O–H groups in total. The summed E-state index contributed by atoms with van der Waals surface area (Å²) in [5.41, 5.74) is 3.97. The molecule has 2 aromatic heterocycles. The highest BCUT2D eigenvalue weighted by Gasteiger charge is 2.18. The summed E-state index contributed by atoms with van der Waals surface area (Å²) >= 11 is 0. The number of fused-ring (bicyclic) bond motifs is 2. The molecule has 1 aromatic carbocycles. The van der Waals surface area contributed by atoms with Crippen LogP contribution >= 0.6 is 0 Å². The van der Waals surface area contributed by atoms with Crippen molar-refractivity contribution in [2.75, 3.05) is 6.61 Å². The number of furan rings is 1. The summed E-state index contributed by atoms with van der Waals surface area (Å²) in [4.78, 5) is 24.4. The molecule has 6 nitrogen and oxygen atoms in total. The first-order valence-electron chi connectivity index (χ1n) is 8.67. The highest BCUT2D eigenvalue weighted by molar-refractivity contribution is 5.99. The Morgan fingerprint density at radius 2 is 1.92 bits per heavy atom. The fraction of sp³-hybridized carbons (Fsp3) is 0.400. The van der Waals surface area contributed by atoms with E-state index in [1.807, 2.05) is 26.8 Å². The number of nitrogens with one attached hydrogen (secondary N) is 1. The first-order chi connectivity index (χ1) is 12.3. The number of hydrogen-bond donors (Lipinski definition) is 2. The molecule has 1 amide bonds. The number of hydrogen-bond acceptors (Lipinski definition) is 5. The van der Waals surface area contributed by atoms with Crippen molar-refractivity contribution < 1.29 is 18.7 Å². The van der Waals surface area contributed by atoms with Crippen molar-refractivity contribution in [3.05, 3.63) is 45.0 Å². The maximum Gasteiger partial charge on any atom is 0.339 e. The molecule has 0 aliphatic rings. The molecular formula is C20H23NO5. The summed E-state index contributed by atoms with van der Waals surface area (Å²) in [6.45, 7) is 7.32. The lowest BCUT2D eigenvalue weighted by Crippen LogP contribution is -2.35. The molecule has 0 aliphatic heterocycles. The second-order valence-corrected chi connectivity index (χ2v) is 6.82. The molecule has 3 rings (SSSR count). The molecule has 0 spiro atoms. The van der Waals surface area contributed by atoms with Gasteiger partial charge >= 0.3 is 5.63 Å². The van der Waals surface area contributed by atoms with Crippen LogP contribution in [0.25, 0.3) is 21.9 Å². The maximum atomic E-state index is 12.5. The van der Waals surface area contributed by atoms with Gasteiger partial charge in [-0.05, 0) is 51.3 Å². The topological polar surface area (TPSA) is 92.7 Å². The van der Waals surface area contributed by atoms with Gasteiger partial charge in [0, 0.05) is 34.4 Å². The average molecular weight is 357 g/mol. The van der Waals surface area contributed by atoms with Crippen LogP contribution in [0.1, 0.15) is 35.6 Å². The Balaban J connectivity index is 2.02. The lowest BCUT2D eigenvalue weighted by atomic mass is 9.98. The Kier molecular flexibility index (Phi) is 4.87. The number of aryl methyl sites for hydroxylation is 3. The van der Waals surface area contributed by atoms with Gasteiger partial charge in [-0.3, -0.25) is 4.79 Å². The standard InChI is InChI=1S/C20H23NO5/c1-10-9-25-18-13(4)19-16(7-15(10)18)12(3)14(20(24)26-19)5-6-17(23)21-11(2)8-22/h7,9,11,22H,5-6,8H2,1-4H3,(H,21,23). The third kappa shape index (κ3) is 3.12. The zero-order chi connectivity index (χ0) is 19.0. The van der Waals surface area contributed by atoms with Crippen LogP contribution in [0.2, 0.25) is 0 Å². The number of carbonyl (C=O) groups excluding carboxylic acids is 1. The van der Waals surface area contributed by atoms with Crippen LogP contribution in [0.5, 0.6) is 0 Å². The van der Waals surface area contributed by atoms with Crippen LogP contribution in [0.15, 0.2) is 26.0 Å². The van der Waals surface area contributed by atoms with E-state index < -0.39 is 5.63 Å². The Morgan fingerprint density at radius 1 is 1.19 bits per heavy atom. The van der Waals surface area contributed by atoms with Gasteiger partial charge in [-0.15, -0.1) is 0 Å². The van der Waals surface area contributed by atoms with Crippen LogP contribution in [0.3, 0.4) is 0 Å². The average Bonchev–Trinajstić information content (AvgIpc) is 2.97. The van der Waals surface area contributed by atoms with E-state index in [1.54, 1.807) is 13.2 Å². The van der Waals surface area contributed by atoms with Crippen LogP contribution in [0, 0.1) is 20.8 Å². The smallest absolute Gasteiger partial charge is 0.339 e. The lowest BCUT2D eigenvalue weighted by molar-refractivity contribution is -0.121. The van der Waals surface area contributed by atoms with Crippen molar-refractivity contribution in [1.82, 2.24) is 5.32 Å². The molecule has 0 radical (unpaired) electrons. The van der Waals surface area contributed by atoms with Crippen LogP contribution in [-0.2, 0) is 11.2 Å². The summed E-state index contributed by atoms with van der Waals surface area (Å²) in [5, 5.41) is 13.5. The van der Waals surface area contributed by atoms with Crippen molar-refractivity contribution in [2.24, 2.45) is 0 Å². The fourth-order valence-electron chi connectivity index (χ4n) is 3.24. The number of rotatable bonds is 5. The SMILES string of the molecule is Cc1coc2c(C)c3oc(=O)c(CCC(=O)NC(C)CO)c(C)c3cc12. The lowest BCUT2D eigenvalue weighted by Gasteiger charge is -2.12. The van der Waals surface area contributed by atoms with E-state index in [2.05, 4.69) is 5.32 Å². The maximum absolute atomic E-state index is 12.5. The van der Waals surface area contributed by atoms with Crippen molar-refractivity contribution in [3.63, 3.8) is 0 Å². The number of benzene rings is 1. The van der Waals surface area contributed by atoms with E-state index in [4.69, 9.17) is 13.9 Å². The molecule has 0 fully saturated rings. The Labute approximate surface area is 150 Å². The van der Waals surface area contributed by atoms with Crippen molar-refractivity contribution in [2.45, 2.75) is 46.6 Å². The first-order valence-corrected chi connectivity index (χ1v) is 8.67. The van der Waals surface area contributed by atoms with Gasteiger partial charge in [0.2, 0.25) is 5.91 Å². The van der Waals surface area contributed by atoms with Crippen molar-refractivity contribution in [1.29, 1.82) is 0 Å². The number of carbonyl (C=O) groups is 1. The van der Waals surface area contributed by atoms with Crippen LogP contribution < -0.4 is 10.9 Å². The van der Waals surface area contributed by atoms with Crippen LogP contribution in [-0.4, -0.2) is 23.7 Å². The number of amides is 1. The van der Waals surface area contributed by atoms with Gasteiger partial charge in [0.25, 0.3) is 0 Å². The summed E-state index contributed by atoms with van der Waals surface area (Å²) in [6, 6.07) is 1.67. The second kappa shape index (κ2) is 6.96. The van der Waals surface area contributed by atoms with E-state index >= 15 is 0 Å².